The maximum absolute atomic E-state index is 11.1. The van der Waals surface area contributed by atoms with Gasteiger partial charge in [0.15, 0.2) is 0 Å². The quantitative estimate of drug-likeness (QED) is 0.778. The number of aromatic amines is 1. The minimum Gasteiger partial charge on any atom is -0.379 e. The van der Waals surface area contributed by atoms with E-state index in [1.165, 1.54) is 0 Å². The number of rotatable bonds is 5. The molecule has 1 aromatic heterocycles. The highest BCUT2D eigenvalue weighted by molar-refractivity contribution is 7.92. The lowest BCUT2D eigenvalue weighted by Crippen LogP contribution is -2.09. The van der Waals surface area contributed by atoms with Crippen molar-refractivity contribution in [2.24, 2.45) is 0 Å². The molecule has 0 aliphatic heterocycles. The van der Waals surface area contributed by atoms with Crippen molar-refractivity contribution < 1.29 is 8.42 Å². The first-order chi connectivity index (χ1) is 8.92. The molecular formula is C12H16N4O2S. The highest BCUT2D eigenvalue weighted by Gasteiger charge is 2.01. The third-order valence-electron chi connectivity index (χ3n) is 2.43. The zero-order valence-corrected chi connectivity index (χ0v) is 11.6. The second-order valence-corrected chi connectivity index (χ2v) is 6.05. The van der Waals surface area contributed by atoms with E-state index in [-0.39, 0.29) is 0 Å². The van der Waals surface area contributed by atoms with Crippen LogP contribution in [0.25, 0.3) is 0 Å². The predicted octanol–water partition coefficient (Wildman–Crippen LogP) is 1.70. The Hall–Kier alpha value is -2.02. The molecule has 3 N–H and O–H groups in total. The number of H-pyrrole nitrogens is 1. The zero-order valence-electron chi connectivity index (χ0n) is 10.8. The van der Waals surface area contributed by atoms with Gasteiger partial charge in [-0.25, -0.2) is 13.4 Å². The molecule has 6 nitrogen and oxygen atoms in total. The number of nitrogens with one attached hydrogen (secondary N) is 3. The number of hydrogen-bond acceptors (Lipinski definition) is 4. The third-order valence-corrected chi connectivity index (χ3v) is 3.03. The van der Waals surface area contributed by atoms with Gasteiger partial charge in [-0.05, 0) is 31.2 Å². The molecule has 19 heavy (non-hydrogen) atoms. The molecule has 0 saturated heterocycles. The molecule has 1 heterocycles. The Morgan fingerprint density at radius 2 is 1.84 bits per heavy atom. The molecule has 0 atom stereocenters. The van der Waals surface area contributed by atoms with Crippen molar-refractivity contribution >= 4 is 21.4 Å². The van der Waals surface area contributed by atoms with E-state index in [4.69, 9.17) is 0 Å². The van der Waals surface area contributed by atoms with Crippen molar-refractivity contribution in [1.82, 2.24) is 9.97 Å². The summed E-state index contributed by atoms with van der Waals surface area (Å²) in [5.74, 6) is 0.879. The van der Waals surface area contributed by atoms with Crippen molar-refractivity contribution in [2.75, 3.05) is 16.3 Å². The number of aryl methyl sites for hydroxylation is 1. The van der Waals surface area contributed by atoms with Crippen molar-refractivity contribution in [2.45, 2.75) is 13.5 Å². The maximum atomic E-state index is 11.1. The summed E-state index contributed by atoms with van der Waals surface area (Å²) in [6.45, 7) is 2.54. The molecule has 0 radical (unpaired) electrons. The summed E-state index contributed by atoms with van der Waals surface area (Å²) in [4.78, 5) is 7.23. The fourth-order valence-corrected chi connectivity index (χ4v) is 2.19. The van der Waals surface area contributed by atoms with E-state index >= 15 is 0 Å². The minimum atomic E-state index is -3.23. The van der Waals surface area contributed by atoms with Gasteiger partial charge >= 0.3 is 0 Å². The Bertz CT molecular complexity index is 647. The lowest BCUT2D eigenvalue weighted by Gasteiger charge is -2.07. The fourth-order valence-electron chi connectivity index (χ4n) is 1.63. The van der Waals surface area contributed by atoms with Crippen LogP contribution in [0, 0.1) is 6.92 Å². The molecule has 0 amide bonds. The van der Waals surface area contributed by atoms with Gasteiger partial charge in [-0.15, -0.1) is 0 Å². The number of hydrogen-bond donors (Lipinski definition) is 3. The molecule has 0 aliphatic rings. The highest BCUT2D eigenvalue weighted by atomic mass is 32.2. The van der Waals surface area contributed by atoms with Crippen molar-refractivity contribution in [1.29, 1.82) is 0 Å². The second kappa shape index (κ2) is 5.31. The van der Waals surface area contributed by atoms with Gasteiger partial charge in [0.25, 0.3) is 0 Å². The molecule has 0 spiro atoms. The summed E-state index contributed by atoms with van der Waals surface area (Å²) in [7, 11) is -3.23. The van der Waals surface area contributed by atoms with Gasteiger partial charge in [0.2, 0.25) is 10.0 Å². The smallest absolute Gasteiger partial charge is 0.229 e. The number of anilines is 2. The van der Waals surface area contributed by atoms with E-state index in [0.29, 0.717) is 12.2 Å². The standard InChI is InChI=1S/C12H16N4O2S/c1-9-13-7-12(15-9)8-14-10-3-5-11(6-4-10)16-19(2,17)18/h3-7,14,16H,8H2,1-2H3,(H,13,15). The summed E-state index contributed by atoms with van der Waals surface area (Å²) in [5.41, 5.74) is 2.45. The monoisotopic (exact) mass is 280 g/mol. The van der Waals surface area contributed by atoms with Gasteiger partial charge in [0.1, 0.15) is 5.82 Å². The van der Waals surface area contributed by atoms with Crippen LogP contribution < -0.4 is 10.0 Å². The Kier molecular flexibility index (Phi) is 3.75. The van der Waals surface area contributed by atoms with Crippen molar-refractivity contribution in [3.63, 3.8) is 0 Å². The molecule has 0 bridgehead atoms. The summed E-state index contributed by atoms with van der Waals surface area (Å²) < 4.78 is 24.5. The lowest BCUT2D eigenvalue weighted by molar-refractivity contribution is 0.607. The molecular weight excluding hydrogens is 264 g/mol. The van der Waals surface area contributed by atoms with Crippen molar-refractivity contribution in [3.05, 3.63) is 42.0 Å². The third kappa shape index (κ3) is 4.29. The van der Waals surface area contributed by atoms with Crippen LogP contribution in [0.15, 0.2) is 30.5 Å². The number of nitrogens with zero attached hydrogens (tertiary/aromatic N) is 1. The lowest BCUT2D eigenvalue weighted by atomic mass is 10.3. The van der Waals surface area contributed by atoms with E-state index in [1.54, 1.807) is 18.3 Å². The normalized spacial score (nSPS) is 11.3. The van der Waals surface area contributed by atoms with Crippen LogP contribution in [0.4, 0.5) is 11.4 Å². The van der Waals surface area contributed by atoms with Crippen LogP contribution in [-0.4, -0.2) is 24.6 Å². The van der Waals surface area contributed by atoms with Gasteiger partial charge in [-0.1, -0.05) is 0 Å². The molecule has 0 fully saturated rings. The number of sulfonamides is 1. The average Bonchev–Trinajstić information content (AvgIpc) is 2.72. The van der Waals surface area contributed by atoms with Crippen molar-refractivity contribution in [3.8, 4) is 0 Å². The highest BCUT2D eigenvalue weighted by Crippen LogP contribution is 2.15. The van der Waals surface area contributed by atoms with Gasteiger partial charge in [0.05, 0.1) is 24.7 Å². The summed E-state index contributed by atoms with van der Waals surface area (Å²) >= 11 is 0. The molecule has 0 aliphatic carbocycles. The largest absolute Gasteiger partial charge is 0.379 e. The fraction of sp³-hybridized carbons (Fsp3) is 0.250. The molecule has 2 aromatic rings. The van der Waals surface area contributed by atoms with Crippen LogP contribution in [-0.2, 0) is 16.6 Å². The second-order valence-electron chi connectivity index (χ2n) is 4.30. The van der Waals surface area contributed by atoms with E-state index in [0.717, 1.165) is 23.5 Å². The predicted molar refractivity (Wildman–Crippen MR) is 75.6 cm³/mol. The first-order valence-corrected chi connectivity index (χ1v) is 7.64. The number of aromatic nitrogens is 2. The van der Waals surface area contributed by atoms with Crippen LogP contribution in [0.3, 0.4) is 0 Å². The van der Waals surface area contributed by atoms with Gasteiger partial charge in [-0.3, -0.25) is 4.72 Å². The first-order valence-electron chi connectivity index (χ1n) is 5.74. The molecule has 0 unspecified atom stereocenters. The summed E-state index contributed by atoms with van der Waals surface area (Å²) in [6.07, 6.45) is 2.90. The molecule has 102 valence electrons. The summed E-state index contributed by atoms with van der Waals surface area (Å²) in [5, 5.41) is 3.22. The van der Waals surface area contributed by atoms with E-state index in [1.807, 2.05) is 19.1 Å². The van der Waals surface area contributed by atoms with Crippen LogP contribution in [0.1, 0.15) is 11.5 Å². The van der Waals surface area contributed by atoms with Crippen LogP contribution in [0.2, 0.25) is 0 Å². The van der Waals surface area contributed by atoms with Gasteiger partial charge in [-0.2, -0.15) is 0 Å². The number of benzene rings is 1. The van der Waals surface area contributed by atoms with Gasteiger partial charge < -0.3 is 10.3 Å². The Morgan fingerprint density at radius 1 is 1.21 bits per heavy atom. The van der Waals surface area contributed by atoms with E-state index in [2.05, 4.69) is 20.0 Å². The molecule has 0 saturated carbocycles. The SMILES string of the molecule is Cc1ncc(CNc2ccc(NS(C)(=O)=O)cc2)[nH]1. The Labute approximate surface area is 112 Å². The maximum Gasteiger partial charge on any atom is 0.229 e. The van der Waals surface area contributed by atoms with E-state index < -0.39 is 10.0 Å². The van der Waals surface area contributed by atoms with Crippen LogP contribution in [0.5, 0.6) is 0 Å². The number of imidazole rings is 1. The first kappa shape index (κ1) is 13.4. The summed E-state index contributed by atoms with van der Waals surface area (Å²) in [6, 6.07) is 7.05. The topological polar surface area (TPSA) is 86.9 Å². The Balaban J connectivity index is 1.95. The molecule has 2 rings (SSSR count). The average molecular weight is 280 g/mol. The molecule has 1 aromatic carbocycles. The van der Waals surface area contributed by atoms with Crippen LogP contribution >= 0.6 is 0 Å². The van der Waals surface area contributed by atoms with E-state index in [9.17, 15) is 8.42 Å². The molecule has 7 heteroatoms. The van der Waals surface area contributed by atoms with Gasteiger partial charge in [0, 0.05) is 11.4 Å². The zero-order chi connectivity index (χ0) is 13.9. The Morgan fingerprint density at radius 3 is 2.37 bits per heavy atom. The minimum absolute atomic E-state index is 0.547.